The van der Waals surface area contributed by atoms with Crippen LogP contribution in [0.2, 0.25) is 30.7 Å². The highest BCUT2D eigenvalue weighted by atomic mass is 35.5. The summed E-state index contributed by atoms with van der Waals surface area (Å²) in [7, 11) is 0.486. The van der Waals surface area contributed by atoms with Crippen LogP contribution < -0.4 is 10.5 Å². The molecule has 11 nitrogen and oxygen atoms in total. The van der Waals surface area contributed by atoms with Gasteiger partial charge in [0.15, 0.2) is 5.65 Å². The molecule has 2 saturated heterocycles. The van der Waals surface area contributed by atoms with Crippen LogP contribution in [-0.2, 0) is 29.8 Å². The fourth-order valence-corrected chi connectivity index (χ4v) is 7.64. The van der Waals surface area contributed by atoms with Crippen molar-refractivity contribution in [2.75, 3.05) is 31.1 Å². The van der Waals surface area contributed by atoms with Crippen LogP contribution in [0.3, 0.4) is 0 Å². The molecule has 0 spiro atoms. The number of aryl methyl sites for hydroxylation is 1. The average Bonchev–Trinajstić information content (AvgIpc) is 3.65. The molecule has 1 amide bonds. The molecule has 3 aromatic heterocycles. The van der Waals surface area contributed by atoms with Crippen molar-refractivity contribution in [1.29, 1.82) is 0 Å². The molecular formula is C33H46ClN7O4Si. The van der Waals surface area contributed by atoms with Gasteiger partial charge in [-0.1, -0.05) is 37.3 Å². The molecule has 2 aliphatic rings. The number of carbonyl (C=O) groups is 1. The van der Waals surface area contributed by atoms with Crippen molar-refractivity contribution in [3.05, 3.63) is 39.9 Å². The monoisotopic (exact) mass is 667 g/mol. The molecule has 0 saturated carbocycles. The van der Waals surface area contributed by atoms with Gasteiger partial charge >= 0.3 is 6.09 Å². The average molecular weight is 668 g/mol. The van der Waals surface area contributed by atoms with E-state index in [1.54, 1.807) is 11.6 Å². The van der Waals surface area contributed by atoms with E-state index in [0.717, 1.165) is 41.0 Å². The summed E-state index contributed by atoms with van der Waals surface area (Å²) in [6.07, 6.45) is 4.51. The summed E-state index contributed by atoms with van der Waals surface area (Å²) in [4.78, 5) is 36.5. The van der Waals surface area contributed by atoms with Gasteiger partial charge < -0.3 is 23.8 Å². The molecule has 248 valence electrons. The van der Waals surface area contributed by atoms with Crippen molar-refractivity contribution in [2.45, 2.75) is 84.7 Å². The van der Waals surface area contributed by atoms with Gasteiger partial charge in [0.2, 0.25) is 5.95 Å². The lowest BCUT2D eigenvalue weighted by Gasteiger charge is -2.34. The van der Waals surface area contributed by atoms with Crippen LogP contribution in [0.4, 0.5) is 10.7 Å². The number of hydrogen-bond acceptors (Lipinski definition) is 7. The first-order valence-corrected chi connectivity index (χ1v) is 20.3. The minimum Gasteiger partial charge on any atom is -0.444 e. The number of benzene rings is 1. The van der Waals surface area contributed by atoms with Crippen LogP contribution in [0, 0.1) is 5.92 Å². The Balaban J connectivity index is 1.40. The number of hydrogen-bond donors (Lipinski definition) is 0. The minimum absolute atomic E-state index is 0.0111. The summed E-state index contributed by atoms with van der Waals surface area (Å²) in [6.45, 7) is 18.2. The molecular weight excluding hydrogens is 622 g/mol. The van der Waals surface area contributed by atoms with Crippen LogP contribution in [0.5, 0.6) is 0 Å². The summed E-state index contributed by atoms with van der Waals surface area (Å²) < 4.78 is 17.3. The van der Waals surface area contributed by atoms with Gasteiger partial charge in [-0.15, -0.1) is 0 Å². The summed E-state index contributed by atoms with van der Waals surface area (Å²) in [5.41, 5.74) is 2.12. The molecule has 0 radical (unpaired) electrons. The van der Waals surface area contributed by atoms with Gasteiger partial charge in [0, 0.05) is 76.8 Å². The molecule has 46 heavy (non-hydrogen) atoms. The van der Waals surface area contributed by atoms with Crippen LogP contribution >= 0.6 is 11.6 Å². The molecule has 13 heteroatoms. The zero-order valence-corrected chi connectivity index (χ0v) is 30.0. The second-order valence-corrected chi connectivity index (χ2v) is 21.0. The zero-order valence-electron chi connectivity index (χ0n) is 28.3. The molecule has 2 aliphatic heterocycles. The van der Waals surface area contributed by atoms with E-state index in [-0.39, 0.29) is 30.3 Å². The molecule has 5 heterocycles. The van der Waals surface area contributed by atoms with E-state index in [9.17, 15) is 9.59 Å². The number of anilines is 1. The lowest BCUT2D eigenvalue weighted by atomic mass is 10.0. The van der Waals surface area contributed by atoms with Gasteiger partial charge in [0.25, 0.3) is 5.56 Å². The molecule has 4 aromatic rings. The second kappa shape index (κ2) is 12.0. The Morgan fingerprint density at radius 1 is 1.11 bits per heavy atom. The largest absolute Gasteiger partial charge is 0.444 e. The van der Waals surface area contributed by atoms with Crippen LogP contribution in [0.1, 0.15) is 34.1 Å². The molecule has 0 N–H and O–H groups in total. The predicted octanol–water partition coefficient (Wildman–Crippen LogP) is 6.18. The zero-order chi connectivity index (χ0) is 33.1. The first kappa shape index (κ1) is 32.6. The van der Waals surface area contributed by atoms with Gasteiger partial charge in [0.1, 0.15) is 12.3 Å². The van der Waals surface area contributed by atoms with Crippen LogP contribution in [-0.4, -0.2) is 80.8 Å². The van der Waals surface area contributed by atoms with Crippen molar-refractivity contribution in [3.63, 3.8) is 0 Å². The number of carbonyl (C=O) groups excluding carboxylic acids is 1. The third-order valence-electron chi connectivity index (χ3n) is 8.91. The number of ether oxygens (including phenoxy) is 2. The topological polar surface area (TPSA) is 99.6 Å². The molecule has 2 bridgehead atoms. The van der Waals surface area contributed by atoms with Gasteiger partial charge in [0.05, 0.1) is 22.0 Å². The normalized spacial score (nSPS) is 18.7. The van der Waals surface area contributed by atoms with Crippen molar-refractivity contribution in [3.8, 4) is 11.1 Å². The summed E-state index contributed by atoms with van der Waals surface area (Å²) >= 11 is 7.03. The van der Waals surface area contributed by atoms with Gasteiger partial charge in [-0.25, -0.2) is 4.79 Å². The highest BCUT2D eigenvalue weighted by Gasteiger charge is 2.43. The molecule has 1 aromatic carbocycles. The summed E-state index contributed by atoms with van der Waals surface area (Å²) in [6, 6.07) is 4.91. The number of aromatic nitrogens is 5. The molecule has 2 unspecified atom stereocenters. The van der Waals surface area contributed by atoms with E-state index in [1.165, 1.54) is 0 Å². The Labute approximate surface area is 276 Å². The molecule has 0 aliphatic carbocycles. The van der Waals surface area contributed by atoms with E-state index in [2.05, 4.69) is 29.6 Å². The minimum atomic E-state index is -1.29. The quantitative estimate of drug-likeness (QED) is 0.163. The number of amides is 1. The molecule has 6 rings (SSSR count). The van der Waals surface area contributed by atoms with Crippen LogP contribution in [0.15, 0.2) is 29.3 Å². The number of likely N-dealkylation sites (tertiary alicyclic amines) is 1. The van der Waals surface area contributed by atoms with Gasteiger partial charge in [-0.05, 0) is 52.1 Å². The lowest BCUT2D eigenvalue weighted by Crippen LogP contribution is -2.47. The Hall–Kier alpha value is -3.35. The van der Waals surface area contributed by atoms with E-state index in [0.29, 0.717) is 48.2 Å². The summed E-state index contributed by atoms with van der Waals surface area (Å²) in [5.74, 6) is 0.845. The maximum atomic E-state index is 14.3. The third-order valence-corrected chi connectivity index (χ3v) is 11.0. The molecule has 2 atom stereocenters. The Morgan fingerprint density at radius 2 is 1.87 bits per heavy atom. The maximum absolute atomic E-state index is 14.3. The summed E-state index contributed by atoms with van der Waals surface area (Å²) in [5, 5.41) is 6.50. The number of halogens is 1. The Kier molecular flexibility index (Phi) is 8.52. The smallest absolute Gasteiger partial charge is 0.410 e. The van der Waals surface area contributed by atoms with Crippen LogP contribution in [0.25, 0.3) is 33.1 Å². The van der Waals surface area contributed by atoms with E-state index in [4.69, 9.17) is 26.1 Å². The predicted molar refractivity (Wildman–Crippen MR) is 186 cm³/mol. The maximum Gasteiger partial charge on any atom is 0.410 e. The first-order chi connectivity index (χ1) is 21.6. The highest BCUT2D eigenvalue weighted by Crippen LogP contribution is 2.38. The van der Waals surface area contributed by atoms with E-state index in [1.807, 2.05) is 66.4 Å². The second-order valence-electron chi connectivity index (χ2n) is 15.0. The number of fused-ring (bicyclic) bond motifs is 4. The van der Waals surface area contributed by atoms with Crippen molar-refractivity contribution in [1.82, 2.24) is 28.8 Å². The van der Waals surface area contributed by atoms with Gasteiger partial charge in [-0.2, -0.15) is 10.1 Å². The third kappa shape index (κ3) is 6.31. The molecule has 2 fully saturated rings. The first-order valence-electron chi connectivity index (χ1n) is 16.2. The number of piperidine rings is 1. The van der Waals surface area contributed by atoms with Crippen molar-refractivity contribution in [2.24, 2.45) is 13.0 Å². The van der Waals surface area contributed by atoms with Crippen molar-refractivity contribution >= 4 is 53.7 Å². The van der Waals surface area contributed by atoms with E-state index < -0.39 is 13.7 Å². The van der Waals surface area contributed by atoms with Crippen molar-refractivity contribution < 1.29 is 14.3 Å². The Morgan fingerprint density at radius 3 is 2.57 bits per heavy atom. The fraction of sp³-hybridized carbons (Fsp3) is 0.576. The lowest BCUT2D eigenvalue weighted by molar-refractivity contribution is 0.0233. The fourth-order valence-electron chi connectivity index (χ4n) is 6.58. The standard InChI is InChI=1S/C33H46ClN7O4Si/c1-9-40-19-25-26(36-40)11-10-23(28(25)34)24-18-39(20-44-12-13-46(6,7)8)29-27(24)30(42)37(5)31(35-29)38-15-21-14-22(17-38)41(16-21)32(43)45-33(2,3)4/h10-11,18-19,21-22H,9,12-17,20H2,1-8H3. The number of rotatable bonds is 8. The Bertz CT molecular complexity index is 1850. The highest BCUT2D eigenvalue weighted by molar-refractivity contribution is 6.76. The van der Waals surface area contributed by atoms with E-state index >= 15 is 0 Å². The van der Waals surface area contributed by atoms with Gasteiger partial charge in [-0.3, -0.25) is 14.0 Å². The number of nitrogens with zero attached hydrogens (tertiary/aromatic N) is 7. The SMILES string of the molecule is CCn1cc2c(Cl)c(-c3cn(COCC[Si](C)(C)C)c4nc(N5CC6CC(C5)N(C(=O)OC(C)(C)C)C6)n(C)c(=O)c34)ccc2n1.